The van der Waals surface area contributed by atoms with E-state index in [1.54, 1.807) is 24.3 Å². The molecule has 0 unspecified atom stereocenters. The minimum absolute atomic E-state index is 0.246. The summed E-state index contributed by atoms with van der Waals surface area (Å²) in [4.78, 5) is 23.8. The van der Waals surface area contributed by atoms with Crippen molar-refractivity contribution in [2.24, 2.45) is 0 Å². The SMILES string of the molecule is O=C(Cc1occc1Cc1ccccc1F)C(=O)c1nn[nH]n1. The van der Waals surface area contributed by atoms with E-state index in [1.807, 2.05) is 0 Å². The molecule has 0 saturated heterocycles. The third kappa shape index (κ3) is 3.20. The average Bonchev–Trinajstić information content (AvgIpc) is 3.21. The van der Waals surface area contributed by atoms with Gasteiger partial charge >= 0.3 is 0 Å². The van der Waals surface area contributed by atoms with E-state index in [2.05, 4.69) is 20.6 Å². The summed E-state index contributed by atoms with van der Waals surface area (Å²) in [6.45, 7) is 0. The zero-order valence-corrected chi connectivity index (χ0v) is 11.8. The molecule has 0 spiro atoms. The van der Waals surface area contributed by atoms with Crippen LogP contribution in [0.3, 0.4) is 0 Å². The zero-order chi connectivity index (χ0) is 16.2. The second kappa shape index (κ2) is 6.30. The van der Waals surface area contributed by atoms with Gasteiger partial charge in [-0.3, -0.25) is 9.59 Å². The Morgan fingerprint density at radius 3 is 2.74 bits per heavy atom. The molecule has 3 aromatic rings. The number of benzene rings is 1. The third-order valence-electron chi connectivity index (χ3n) is 3.30. The molecule has 0 aliphatic rings. The van der Waals surface area contributed by atoms with E-state index in [4.69, 9.17) is 4.42 Å². The fourth-order valence-electron chi connectivity index (χ4n) is 2.14. The van der Waals surface area contributed by atoms with Crippen molar-refractivity contribution in [1.82, 2.24) is 20.6 Å². The zero-order valence-electron chi connectivity index (χ0n) is 11.8. The van der Waals surface area contributed by atoms with Crippen LogP contribution in [0.25, 0.3) is 0 Å². The Hall–Kier alpha value is -3.16. The molecule has 2 aromatic heterocycles. The van der Waals surface area contributed by atoms with Crippen molar-refractivity contribution >= 4 is 11.6 Å². The van der Waals surface area contributed by atoms with Gasteiger partial charge in [0, 0.05) is 6.42 Å². The van der Waals surface area contributed by atoms with Gasteiger partial charge in [-0.25, -0.2) is 4.39 Å². The highest BCUT2D eigenvalue weighted by Crippen LogP contribution is 2.18. The van der Waals surface area contributed by atoms with Crippen molar-refractivity contribution in [3.8, 4) is 0 Å². The van der Waals surface area contributed by atoms with Gasteiger partial charge in [0.1, 0.15) is 11.6 Å². The summed E-state index contributed by atoms with van der Waals surface area (Å²) < 4.78 is 19.0. The van der Waals surface area contributed by atoms with Gasteiger partial charge in [0.15, 0.2) is 0 Å². The van der Waals surface area contributed by atoms with E-state index in [1.165, 1.54) is 12.3 Å². The van der Waals surface area contributed by atoms with Crippen molar-refractivity contribution in [1.29, 1.82) is 0 Å². The Morgan fingerprint density at radius 2 is 2.00 bits per heavy atom. The van der Waals surface area contributed by atoms with E-state index >= 15 is 0 Å². The summed E-state index contributed by atoms with van der Waals surface area (Å²) in [7, 11) is 0. The predicted octanol–water partition coefficient (Wildman–Crippen LogP) is 1.52. The van der Waals surface area contributed by atoms with E-state index in [0.29, 0.717) is 16.9 Å². The molecule has 0 aliphatic heterocycles. The van der Waals surface area contributed by atoms with Gasteiger partial charge in [-0.2, -0.15) is 5.21 Å². The van der Waals surface area contributed by atoms with E-state index in [-0.39, 0.29) is 24.5 Å². The third-order valence-corrected chi connectivity index (χ3v) is 3.30. The number of carbonyl (C=O) groups is 2. The summed E-state index contributed by atoms with van der Waals surface area (Å²) in [6, 6.07) is 7.98. The molecule has 23 heavy (non-hydrogen) atoms. The largest absolute Gasteiger partial charge is 0.469 e. The first kappa shape index (κ1) is 14.8. The van der Waals surface area contributed by atoms with Crippen LogP contribution >= 0.6 is 0 Å². The smallest absolute Gasteiger partial charge is 0.269 e. The number of hydrogen-bond donors (Lipinski definition) is 1. The number of halogens is 1. The highest BCUT2D eigenvalue weighted by Gasteiger charge is 2.23. The van der Waals surface area contributed by atoms with Crippen LogP contribution < -0.4 is 0 Å². The van der Waals surface area contributed by atoms with Gasteiger partial charge in [0.2, 0.25) is 11.6 Å². The number of nitrogens with one attached hydrogen (secondary N) is 1. The molecule has 0 aliphatic carbocycles. The van der Waals surface area contributed by atoms with E-state index in [0.717, 1.165) is 0 Å². The van der Waals surface area contributed by atoms with Gasteiger partial charge in [0.25, 0.3) is 5.78 Å². The molecule has 1 aromatic carbocycles. The predicted molar refractivity (Wildman–Crippen MR) is 75.1 cm³/mol. The molecule has 0 saturated carbocycles. The second-order valence-electron chi connectivity index (χ2n) is 4.80. The van der Waals surface area contributed by atoms with Crippen LogP contribution in [0.1, 0.15) is 27.5 Å². The summed E-state index contributed by atoms with van der Waals surface area (Å²) in [5.41, 5.74) is 1.12. The molecular weight excluding hydrogens is 303 g/mol. The molecule has 0 radical (unpaired) electrons. The van der Waals surface area contributed by atoms with Crippen LogP contribution in [0.5, 0.6) is 0 Å². The lowest BCUT2D eigenvalue weighted by atomic mass is 10.0. The summed E-state index contributed by atoms with van der Waals surface area (Å²) >= 11 is 0. The number of nitrogens with zero attached hydrogens (tertiary/aromatic N) is 3. The van der Waals surface area contributed by atoms with Gasteiger partial charge in [-0.05, 0) is 28.5 Å². The number of aromatic amines is 1. The molecular formula is C15H11FN4O3. The molecule has 0 amide bonds. The number of carbonyl (C=O) groups excluding carboxylic acids is 2. The summed E-state index contributed by atoms with van der Waals surface area (Å²) in [5.74, 6) is -1.90. The van der Waals surface area contributed by atoms with E-state index in [9.17, 15) is 14.0 Å². The lowest BCUT2D eigenvalue weighted by Gasteiger charge is -2.03. The molecule has 2 heterocycles. The Kier molecular flexibility index (Phi) is 4.05. The molecule has 0 atom stereocenters. The van der Waals surface area contributed by atoms with Crippen LogP contribution in [-0.4, -0.2) is 32.2 Å². The maximum atomic E-state index is 13.7. The highest BCUT2D eigenvalue weighted by atomic mass is 19.1. The minimum Gasteiger partial charge on any atom is -0.469 e. The quantitative estimate of drug-likeness (QED) is 0.546. The number of tetrazole rings is 1. The first-order chi connectivity index (χ1) is 11.1. The molecule has 0 fully saturated rings. The number of rotatable bonds is 6. The maximum Gasteiger partial charge on any atom is 0.269 e. The highest BCUT2D eigenvalue weighted by molar-refractivity contribution is 6.42. The topological polar surface area (TPSA) is 102 Å². The van der Waals surface area contributed by atoms with Gasteiger partial charge < -0.3 is 4.42 Å². The van der Waals surface area contributed by atoms with Crippen LogP contribution in [-0.2, 0) is 17.6 Å². The number of aromatic nitrogens is 4. The Balaban J connectivity index is 1.75. The number of ketones is 2. The maximum absolute atomic E-state index is 13.7. The van der Waals surface area contributed by atoms with Crippen molar-refractivity contribution < 1.29 is 18.4 Å². The Bertz CT molecular complexity index is 842. The Morgan fingerprint density at radius 1 is 1.17 bits per heavy atom. The number of furan rings is 1. The normalized spacial score (nSPS) is 10.7. The van der Waals surface area contributed by atoms with Gasteiger partial charge in [-0.1, -0.05) is 18.2 Å². The number of H-pyrrole nitrogens is 1. The van der Waals surface area contributed by atoms with Crippen molar-refractivity contribution in [2.45, 2.75) is 12.8 Å². The van der Waals surface area contributed by atoms with Crippen LogP contribution in [0.15, 0.2) is 41.0 Å². The van der Waals surface area contributed by atoms with Crippen LogP contribution in [0.2, 0.25) is 0 Å². The molecule has 8 heteroatoms. The fourth-order valence-corrected chi connectivity index (χ4v) is 2.14. The second-order valence-corrected chi connectivity index (χ2v) is 4.80. The number of hydrogen-bond acceptors (Lipinski definition) is 6. The van der Waals surface area contributed by atoms with Crippen molar-refractivity contribution in [3.05, 3.63) is 65.1 Å². The molecule has 116 valence electrons. The van der Waals surface area contributed by atoms with Gasteiger partial charge in [0.05, 0.1) is 12.7 Å². The lowest BCUT2D eigenvalue weighted by molar-refractivity contribution is -0.114. The molecule has 1 N–H and O–H groups in total. The average molecular weight is 314 g/mol. The molecule has 0 bridgehead atoms. The fraction of sp³-hybridized carbons (Fsp3) is 0.133. The summed E-state index contributed by atoms with van der Waals surface area (Å²) in [5, 5.41) is 12.3. The standard InChI is InChI=1S/C15H11FN4O3/c16-11-4-2-1-3-9(11)7-10-5-6-23-13(10)8-12(21)14(22)15-17-19-20-18-15/h1-6H,7-8H2,(H,17,18,19,20). The summed E-state index contributed by atoms with van der Waals surface area (Å²) in [6.07, 6.45) is 1.42. The van der Waals surface area contributed by atoms with Gasteiger partial charge in [-0.15, -0.1) is 10.2 Å². The van der Waals surface area contributed by atoms with Crippen molar-refractivity contribution in [2.75, 3.05) is 0 Å². The first-order valence-corrected chi connectivity index (χ1v) is 6.75. The Labute approximate surface area is 129 Å². The van der Waals surface area contributed by atoms with Crippen LogP contribution in [0, 0.1) is 5.82 Å². The lowest BCUT2D eigenvalue weighted by Crippen LogP contribution is -2.18. The molecule has 7 nitrogen and oxygen atoms in total. The van der Waals surface area contributed by atoms with Crippen LogP contribution in [0.4, 0.5) is 4.39 Å². The minimum atomic E-state index is -0.855. The van der Waals surface area contributed by atoms with E-state index < -0.39 is 11.6 Å². The first-order valence-electron chi connectivity index (χ1n) is 6.75. The number of Topliss-reactive ketones (excluding diaryl/α,β-unsaturated/α-hetero) is 2. The monoisotopic (exact) mass is 314 g/mol. The van der Waals surface area contributed by atoms with Crippen molar-refractivity contribution in [3.63, 3.8) is 0 Å². The molecule has 3 rings (SSSR count).